The summed E-state index contributed by atoms with van der Waals surface area (Å²) in [6.45, 7) is 4.28. The Kier molecular flexibility index (Phi) is 3.99. The average Bonchev–Trinajstić information content (AvgIpc) is 3.36. The van der Waals surface area contributed by atoms with Crippen LogP contribution < -0.4 is 0 Å². The maximum Gasteiger partial charge on any atom is 0.268 e. The van der Waals surface area contributed by atoms with E-state index in [1.165, 1.54) is 0 Å². The fourth-order valence-electron chi connectivity index (χ4n) is 6.38. The predicted molar refractivity (Wildman–Crippen MR) is 113 cm³/mol. The van der Waals surface area contributed by atoms with Gasteiger partial charge in [-0.3, -0.25) is 4.79 Å². The molecule has 2 aliphatic heterocycles. The first-order valence-corrected chi connectivity index (χ1v) is 12.1. The van der Waals surface area contributed by atoms with Crippen molar-refractivity contribution < 1.29 is 17.9 Å². The monoisotopic (exact) mass is 426 g/mol. The van der Waals surface area contributed by atoms with Gasteiger partial charge in [0.05, 0.1) is 11.8 Å². The third kappa shape index (κ3) is 2.34. The Morgan fingerprint density at radius 3 is 2.73 bits per heavy atom. The number of nitrogens with zero attached hydrogens (tertiary/aromatic N) is 2. The zero-order chi connectivity index (χ0) is 21.4. The molecule has 1 aromatic rings. The Morgan fingerprint density at radius 1 is 1.33 bits per heavy atom. The van der Waals surface area contributed by atoms with Crippen LogP contribution in [0.4, 0.5) is 0 Å². The second-order valence-corrected chi connectivity index (χ2v) is 11.6. The van der Waals surface area contributed by atoms with Gasteiger partial charge in [-0.1, -0.05) is 32.0 Å². The highest BCUT2D eigenvalue weighted by Crippen LogP contribution is 2.70. The van der Waals surface area contributed by atoms with Gasteiger partial charge < -0.3 is 4.74 Å². The second kappa shape index (κ2) is 6.10. The lowest BCUT2D eigenvalue weighted by molar-refractivity contribution is -0.134. The molecule has 0 N–H and O–H groups in total. The van der Waals surface area contributed by atoms with Gasteiger partial charge in [0.1, 0.15) is 6.61 Å². The Morgan fingerprint density at radius 2 is 2.07 bits per heavy atom. The fraction of sp³-hybridized carbons (Fsp3) is 0.565. The van der Waals surface area contributed by atoms with Gasteiger partial charge in [-0.05, 0) is 42.7 Å². The van der Waals surface area contributed by atoms with Crippen molar-refractivity contribution >= 4 is 21.8 Å². The Hall–Kier alpha value is -2.33. The van der Waals surface area contributed by atoms with E-state index < -0.39 is 21.5 Å². The van der Waals surface area contributed by atoms with Gasteiger partial charge in [0.2, 0.25) is 15.9 Å². The number of carbonyl (C=O) groups is 1. The normalized spacial score (nSPS) is 37.4. The molecule has 2 heterocycles. The summed E-state index contributed by atoms with van der Waals surface area (Å²) >= 11 is 0. The summed E-state index contributed by atoms with van der Waals surface area (Å²) in [5.74, 6) is 2.79. The summed E-state index contributed by atoms with van der Waals surface area (Å²) in [6.07, 6.45) is 8.19. The van der Waals surface area contributed by atoms with Crippen molar-refractivity contribution in [3.05, 3.63) is 35.9 Å². The van der Waals surface area contributed by atoms with Gasteiger partial charge in [0.25, 0.3) is 5.91 Å². The third-order valence-electron chi connectivity index (χ3n) is 8.19. The van der Waals surface area contributed by atoms with Gasteiger partial charge in [0, 0.05) is 17.4 Å². The number of carbonyl (C=O) groups excluding carboxylic acids is 1. The summed E-state index contributed by atoms with van der Waals surface area (Å²) < 4.78 is 33.6. The van der Waals surface area contributed by atoms with Gasteiger partial charge in [0.15, 0.2) is 5.54 Å². The van der Waals surface area contributed by atoms with Gasteiger partial charge in [-0.2, -0.15) is 0 Å². The quantitative estimate of drug-likeness (QED) is 0.696. The molecule has 1 saturated heterocycles. The van der Waals surface area contributed by atoms with Crippen molar-refractivity contribution in [2.75, 3.05) is 12.4 Å². The van der Waals surface area contributed by atoms with Crippen LogP contribution in [0.2, 0.25) is 0 Å². The number of fused-ring (bicyclic) bond motifs is 1. The molecule has 7 heteroatoms. The molecule has 5 rings (SSSR count). The SMILES string of the molecule is C#CC[C@@]1(C(=O)N2[C@@H]3C[C@H]4CC[C@]3(CS2(=O)=O)C4(C)C)COC(c2ccccc2)=N1. The van der Waals surface area contributed by atoms with Crippen LogP contribution in [0.15, 0.2) is 35.3 Å². The van der Waals surface area contributed by atoms with E-state index in [1.807, 2.05) is 30.3 Å². The number of benzene rings is 1. The predicted octanol–water partition coefficient (Wildman–Crippen LogP) is 2.59. The van der Waals surface area contributed by atoms with Crippen molar-refractivity contribution in [2.45, 2.75) is 51.1 Å². The van der Waals surface area contributed by atoms with Crippen LogP contribution in [0.5, 0.6) is 0 Å². The molecular weight excluding hydrogens is 400 g/mol. The maximum absolute atomic E-state index is 13.8. The molecule has 4 aliphatic rings. The second-order valence-electron chi connectivity index (χ2n) is 9.71. The summed E-state index contributed by atoms with van der Waals surface area (Å²) in [6, 6.07) is 8.97. The lowest BCUT2D eigenvalue weighted by Crippen LogP contribution is -2.53. The minimum absolute atomic E-state index is 0.000723. The molecule has 158 valence electrons. The molecule has 30 heavy (non-hydrogen) atoms. The van der Waals surface area contributed by atoms with Gasteiger partial charge in [-0.25, -0.2) is 17.7 Å². The van der Waals surface area contributed by atoms with E-state index in [1.54, 1.807) is 0 Å². The Balaban J connectivity index is 1.56. The molecule has 1 amide bonds. The highest BCUT2D eigenvalue weighted by atomic mass is 32.2. The van der Waals surface area contributed by atoms with E-state index >= 15 is 0 Å². The van der Waals surface area contributed by atoms with E-state index in [9.17, 15) is 13.2 Å². The molecule has 0 aromatic heterocycles. The average molecular weight is 427 g/mol. The number of sulfonamides is 1. The van der Waals surface area contributed by atoms with Crippen molar-refractivity contribution in [1.82, 2.24) is 4.31 Å². The van der Waals surface area contributed by atoms with Crippen molar-refractivity contribution in [3.8, 4) is 12.3 Å². The number of amides is 1. The summed E-state index contributed by atoms with van der Waals surface area (Å²) in [5, 5.41) is 0. The first kappa shape index (κ1) is 19.6. The molecule has 4 atom stereocenters. The molecule has 1 aromatic carbocycles. The van der Waals surface area contributed by atoms with Gasteiger partial charge in [-0.15, -0.1) is 12.3 Å². The van der Waals surface area contributed by atoms with Crippen molar-refractivity contribution in [1.29, 1.82) is 0 Å². The lowest BCUT2D eigenvalue weighted by Gasteiger charge is -2.38. The Bertz CT molecular complexity index is 1090. The van der Waals surface area contributed by atoms with Crippen molar-refractivity contribution in [2.24, 2.45) is 21.7 Å². The van der Waals surface area contributed by atoms with Crippen LogP contribution in [0, 0.1) is 29.1 Å². The van der Waals surface area contributed by atoms with E-state index in [-0.39, 0.29) is 35.7 Å². The molecule has 1 spiro atoms. The number of aliphatic imine (C=N–C) groups is 1. The zero-order valence-corrected chi connectivity index (χ0v) is 18.1. The number of hydrogen-bond acceptors (Lipinski definition) is 5. The summed E-state index contributed by atoms with van der Waals surface area (Å²) in [5.41, 5.74) is -1.14. The van der Waals surface area contributed by atoms with E-state index in [2.05, 4.69) is 24.8 Å². The first-order chi connectivity index (χ1) is 14.2. The molecule has 0 radical (unpaired) electrons. The molecule has 3 fully saturated rings. The number of ether oxygens (including phenoxy) is 1. The number of hydrogen-bond donors (Lipinski definition) is 0. The minimum atomic E-state index is -3.75. The lowest BCUT2D eigenvalue weighted by atomic mass is 9.69. The van der Waals surface area contributed by atoms with E-state index in [0.29, 0.717) is 11.8 Å². The smallest absolute Gasteiger partial charge is 0.268 e. The molecular formula is C23H26N2O4S. The minimum Gasteiger partial charge on any atom is -0.474 e. The van der Waals surface area contributed by atoms with Crippen LogP contribution in [-0.4, -0.2) is 48.5 Å². The molecule has 2 saturated carbocycles. The number of terminal acetylenes is 1. The summed E-state index contributed by atoms with van der Waals surface area (Å²) in [7, 11) is -3.75. The highest BCUT2D eigenvalue weighted by molar-refractivity contribution is 7.90. The standard InChI is InChI=1S/C23H26N2O4S/c1-4-11-23(14-29-19(24-23)16-8-6-5-7-9-16)20(26)25-18-13-17-10-12-22(18,21(17,2)3)15-30(25,27)28/h1,5-9,17-18H,10-15H2,2-3H3/t17-,18-,22-,23+/m1/s1. The number of rotatable bonds is 3. The molecule has 0 unspecified atom stereocenters. The first-order valence-electron chi connectivity index (χ1n) is 10.4. The van der Waals surface area contributed by atoms with E-state index in [4.69, 9.17) is 11.2 Å². The van der Waals surface area contributed by atoms with Crippen LogP contribution in [0.25, 0.3) is 0 Å². The van der Waals surface area contributed by atoms with Crippen molar-refractivity contribution in [3.63, 3.8) is 0 Å². The third-order valence-corrected chi connectivity index (χ3v) is 10.1. The zero-order valence-electron chi connectivity index (χ0n) is 17.3. The van der Waals surface area contributed by atoms with Crippen LogP contribution in [0.1, 0.15) is 45.1 Å². The molecule has 2 aliphatic carbocycles. The topological polar surface area (TPSA) is 76.0 Å². The Labute approximate surface area is 177 Å². The highest BCUT2D eigenvalue weighted by Gasteiger charge is 2.73. The van der Waals surface area contributed by atoms with Crippen LogP contribution >= 0.6 is 0 Å². The van der Waals surface area contributed by atoms with E-state index in [0.717, 1.165) is 29.1 Å². The van der Waals surface area contributed by atoms with Gasteiger partial charge >= 0.3 is 0 Å². The largest absolute Gasteiger partial charge is 0.474 e. The van der Waals surface area contributed by atoms with Crippen LogP contribution in [0.3, 0.4) is 0 Å². The molecule has 2 bridgehead atoms. The van der Waals surface area contributed by atoms with Crippen LogP contribution in [-0.2, 0) is 19.6 Å². The maximum atomic E-state index is 13.8. The fourth-order valence-corrected chi connectivity index (χ4v) is 8.98. The molecule has 6 nitrogen and oxygen atoms in total. The summed E-state index contributed by atoms with van der Waals surface area (Å²) in [4.78, 5) is 18.4.